The van der Waals surface area contributed by atoms with E-state index in [9.17, 15) is 8.78 Å². The molecule has 0 fully saturated rings. The number of rotatable bonds is 0. The summed E-state index contributed by atoms with van der Waals surface area (Å²) < 4.78 is 24.8. The Labute approximate surface area is 71.3 Å². The van der Waals surface area contributed by atoms with Crippen LogP contribution in [-0.4, -0.2) is 0 Å². The van der Waals surface area contributed by atoms with Crippen LogP contribution in [0, 0.1) is 18.8 Å². The van der Waals surface area contributed by atoms with Crippen molar-refractivity contribution in [2.75, 3.05) is 0 Å². The zero-order valence-electron chi connectivity index (χ0n) is 6.80. The van der Waals surface area contributed by atoms with E-state index < -0.39 is 11.7 Å². The Morgan fingerprint density at radius 3 is 2.42 bits per heavy atom. The molecule has 0 aromatic carbocycles. The largest absolute Gasteiger partial charge is 0.207 e. The van der Waals surface area contributed by atoms with Gasteiger partial charge in [-0.25, -0.2) is 8.78 Å². The molecular weight excluding hydrogens is 158 g/mol. The van der Waals surface area contributed by atoms with Crippen molar-refractivity contribution in [2.45, 2.75) is 6.92 Å². The molecule has 2 heteroatoms. The average Bonchev–Trinajstić information content (AvgIpc) is 2.16. The normalized spacial score (nSPS) is 21.2. The van der Waals surface area contributed by atoms with E-state index in [1.807, 2.05) is 0 Å². The predicted molar refractivity (Wildman–Crippen MR) is 46.6 cm³/mol. The van der Waals surface area contributed by atoms with Crippen LogP contribution in [0.1, 0.15) is 6.92 Å². The lowest BCUT2D eigenvalue weighted by atomic mass is 10.1. The molecule has 0 radical (unpaired) electrons. The van der Waals surface area contributed by atoms with Gasteiger partial charge in [0, 0.05) is 6.08 Å². The topological polar surface area (TPSA) is 0 Å². The Bertz CT molecular complexity index is 244. The Kier molecular flexibility index (Phi) is 4.71. The zero-order chi connectivity index (χ0) is 9.56. The summed E-state index contributed by atoms with van der Waals surface area (Å²) in [4.78, 5) is 0. The van der Waals surface area contributed by atoms with Crippen molar-refractivity contribution in [1.82, 2.24) is 0 Å². The van der Waals surface area contributed by atoms with Gasteiger partial charge in [-0.3, -0.25) is 0 Å². The van der Waals surface area contributed by atoms with Gasteiger partial charge in [0.1, 0.15) is 11.7 Å². The first-order chi connectivity index (χ1) is 5.68. The molecule has 1 unspecified atom stereocenters. The molecule has 1 aliphatic carbocycles. The van der Waals surface area contributed by atoms with Crippen LogP contribution >= 0.6 is 0 Å². The molecule has 0 bridgehead atoms. The molecular formula is C10H10F2. The third-order valence-corrected chi connectivity index (χ3v) is 1.26. The average molecular weight is 168 g/mol. The van der Waals surface area contributed by atoms with Crippen molar-refractivity contribution in [3.05, 3.63) is 36.0 Å². The second-order valence-electron chi connectivity index (χ2n) is 2.30. The van der Waals surface area contributed by atoms with Gasteiger partial charge < -0.3 is 0 Å². The molecule has 1 rings (SSSR count). The Hall–Kier alpha value is -1.36. The van der Waals surface area contributed by atoms with Gasteiger partial charge in [0.25, 0.3) is 0 Å². The smallest absolute Gasteiger partial charge is 0.125 e. The minimum Gasteiger partial charge on any atom is -0.207 e. The first-order valence-corrected chi connectivity index (χ1v) is 3.44. The van der Waals surface area contributed by atoms with Crippen LogP contribution in [0.15, 0.2) is 36.0 Å². The molecule has 0 aliphatic heterocycles. The van der Waals surface area contributed by atoms with Gasteiger partial charge in [0.2, 0.25) is 0 Å². The van der Waals surface area contributed by atoms with Gasteiger partial charge in [0.05, 0.1) is 0 Å². The maximum atomic E-state index is 12.4. The molecule has 1 aliphatic rings. The summed E-state index contributed by atoms with van der Waals surface area (Å²) in [6, 6.07) is 0. The van der Waals surface area contributed by atoms with Crippen molar-refractivity contribution in [1.29, 1.82) is 0 Å². The Morgan fingerprint density at radius 1 is 1.25 bits per heavy atom. The van der Waals surface area contributed by atoms with E-state index in [1.165, 1.54) is 12.2 Å². The Morgan fingerprint density at radius 2 is 1.83 bits per heavy atom. The van der Waals surface area contributed by atoms with Crippen molar-refractivity contribution in [3.63, 3.8) is 0 Å². The number of hydrogen-bond donors (Lipinski definition) is 0. The summed E-state index contributed by atoms with van der Waals surface area (Å²) in [6.07, 6.45) is 13.1. The van der Waals surface area contributed by atoms with Gasteiger partial charge in [-0.1, -0.05) is 13.0 Å². The molecule has 0 N–H and O–H groups in total. The maximum Gasteiger partial charge on any atom is 0.125 e. The number of hydrogen-bond acceptors (Lipinski definition) is 0. The van der Waals surface area contributed by atoms with Crippen LogP contribution < -0.4 is 0 Å². The maximum absolute atomic E-state index is 12.4. The van der Waals surface area contributed by atoms with Crippen LogP contribution in [0.25, 0.3) is 0 Å². The van der Waals surface area contributed by atoms with Crippen LogP contribution in [0.4, 0.5) is 8.78 Å². The molecule has 0 heterocycles. The highest BCUT2D eigenvalue weighted by Gasteiger charge is 2.01. The third-order valence-electron chi connectivity index (χ3n) is 1.26. The number of allylic oxidation sites excluding steroid dienone is 6. The van der Waals surface area contributed by atoms with Gasteiger partial charge >= 0.3 is 0 Å². The second kappa shape index (κ2) is 5.31. The Balaban J connectivity index is 0.000000561. The van der Waals surface area contributed by atoms with Crippen molar-refractivity contribution >= 4 is 0 Å². The van der Waals surface area contributed by atoms with Crippen LogP contribution in [0.2, 0.25) is 0 Å². The molecule has 0 amide bonds. The fourth-order valence-corrected chi connectivity index (χ4v) is 0.778. The third kappa shape index (κ3) is 3.72. The standard InChI is InChI=1S/C8H8F2.C2H2/c1-6-2-3-7(9)5-8(10)4-6;1-2/h2-6H,1H3;1-2H. The molecule has 0 aromatic heterocycles. The monoisotopic (exact) mass is 168 g/mol. The molecule has 0 saturated carbocycles. The van der Waals surface area contributed by atoms with Crippen LogP contribution in [0.3, 0.4) is 0 Å². The van der Waals surface area contributed by atoms with E-state index in [0.717, 1.165) is 6.08 Å². The van der Waals surface area contributed by atoms with Gasteiger partial charge in [-0.05, 0) is 18.1 Å². The van der Waals surface area contributed by atoms with Gasteiger partial charge in [-0.15, -0.1) is 12.8 Å². The highest BCUT2D eigenvalue weighted by atomic mass is 19.1. The van der Waals surface area contributed by atoms with Crippen molar-refractivity contribution in [2.24, 2.45) is 5.92 Å². The molecule has 1 atom stereocenters. The summed E-state index contributed by atoms with van der Waals surface area (Å²) in [7, 11) is 0. The summed E-state index contributed by atoms with van der Waals surface area (Å²) in [6.45, 7) is 1.79. The van der Waals surface area contributed by atoms with Gasteiger partial charge in [0.15, 0.2) is 0 Å². The molecule has 0 nitrogen and oxygen atoms in total. The minimum absolute atomic E-state index is 0.0236. The molecule has 0 spiro atoms. The van der Waals surface area contributed by atoms with E-state index in [2.05, 4.69) is 12.8 Å². The SMILES string of the molecule is C#C.CC1C=CC(F)=CC(F)=C1. The van der Waals surface area contributed by atoms with E-state index in [-0.39, 0.29) is 5.92 Å². The van der Waals surface area contributed by atoms with E-state index in [0.29, 0.717) is 0 Å². The fraction of sp³-hybridized carbons (Fsp3) is 0.200. The number of terminal acetylenes is 1. The fourth-order valence-electron chi connectivity index (χ4n) is 0.778. The van der Waals surface area contributed by atoms with E-state index >= 15 is 0 Å². The van der Waals surface area contributed by atoms with Crippen molar-refractivity contribution in [3.8, 4) is 12.8 Å². The second-order valence-corrected chi connectivity index (χ2v) is 2.30. The summed E-state index contributed by atoms with van der Waals surface area (Å²) in [5, 5.41) is 0. The number of halogens is 2. The lowest BCUT2D eigenvalue weighted by Crippen LogP contribution is -1.80. The summed E-state index contributed by atoms with van der Waals surface area (Å²) in [5.74, 6) is -1.06. The predicted octanol–water partition coefficient (Wildman–Crippen LogP) is 3.15. The van der Waals surface area contributed by atoms with Crippen LogP contribution in [-0.2, 0) is 0 Å². The quantitative estimate of drug-likeness (QED) is 0.487. The first kappa shape index (κ1) is 10.6. The zero-order valence-corrected chi connectivity index (χ0v) is 6.80. The van der Waals surface area contributed by atoms with Gasteiger partial charge in [-0.2, -0.15) is 0 Å². The highest BCUT2D eigenvalue weighted by Crippen LogP contribution is 2.16. The molecule has 0 aromatic rings. The first-order valence-electron chi connectivity index (χ1n) is 3.44. The molecule has 64 valence electrons. The lowest BCUT2D eigenvalue weighted by molar-refractivity contribution is 0.629. The van der Waals surface area contributed by atoms with E-state index in [1.54, 1.807) is 13.0 Å². The van der Waals surface area contributed by atoms with Crippen LogP contribution in [0.5, 0.6) is 0 Å². The lowest BCUT2D eigenvalue weighted by Gasteiger charge is -1.92. The summed E-state index contributed by atoms with van der Waals surface area (Å²) >= 11 is 0. The molecule has 12 heavy (non-hydrogen) atoms. The van der Waals surface area contributed by atoms with Crippen molar-refractivity contribution < 1.29 is 8.78 Å². The minimum atomic E-state index is -0.530. The highest BCUT2D eigenvalue weighted by molar-refractivity contribution is 5.27. The van der Waals surface area contributed by atoms with E-state index in [4.69, 9.17) is 0 Å². The molecule has 0 saturated heterocycles. The summed E-state index contributed by atoms with van der Waals surface area (Å²) in [5.41, 5.74) is 0.